The topological polar surface area (TPSA) is 23.0 Å². The third kappa shape index (κ3) is 4.07. The van der Waals surface area contributed by atoms with Crippen molar-refractivity contribution in [2.75, 3.05) is 0 Å². The zero-order valence-electron chi connectivity index (χ0n) is 31.4. The van der Waals surface area contributed by atoms with Gasteiger partial charge in [-0.15, -0.1) is 0 Å². The summed E-state index contributed by atoms with van der Waals surface area (Å²) in [6.07, 6.45) is 0. The zero-order chi connectivity index (χ0) is 38.0. The van der Waals surface area contributed by atoms with Gasteiger partial charge in [-0.05, 0) is 88.0 Å². The minimum absolute atomic E-state index is 0.492. The second-order valence-electron chi connectivity index (χ2n) is 15.6. The number of furan rings is 1. The van der Waals surface area contributed by atoms with E-state index in [1.807, 2.05) is 6.07 Å². The van der Waals surface area contributed by atoms with Crippen LogP contribution in [-0.4, -0.2) is 9.13 Å². The number of aromatic nitrogens is 2. The van der Waals surface area contributed by atoms with Crippen LogP contribution in [0, 0.1) is 0 Å². The molecule has 0 bridgehead atoms. The standard InChI is InChI=1S/C55H34N2O/c1-4-16-35(17-5-1)55(36-18-6-2-7-19-36)47-25-13-10-22-39(47)40-29-28-38(32-48(40)55)56-49-26-14-11-23-41(49)45-33-46-43-30-31-44-42-24-12-15-27-52(42)58-54(44)53(43)57(51(46)34-50(45)56)37-20-8-3-9-21-37/h1-34H. The van der Waals surface area contributed by atoms with Gasteiger partial charge >= 0.3 is 0 Å². The highest BCUT2D eigenvalue weighted by Crippen LogP contribution is 2.56. The van der Waals surface area contributed by atoms with Crippen molar-refractivity contribution in [3.63, 3.8) is 0 Å². The number of hydrogen-bond acceptors (Lipinski definition) is 1. The van der Waals surface area contributed by atoms with Crippen LogP contribution in [0.3, 0.4) is 0 Å². The molecular formula is C55H34N2O. The van der Waals surface area contributed by atoms with Gasteiger partial charge in [-0.25, -0.2) is 0 Å². The molecule has 0 fully saturated rings. The molecule has 3 heteroatoms. The molecule has 3 heterocycles. The highest BCUT2D eigenvalue weighted by molar-refractivity contribution is 6.24. The van der Waals surface area contributed by atoms with Gasteiger partial charge in [0.25, 0.3) is 0 Å². The van der Waals surface area contributed by atoms with Gasteiger partial charge in [0.15, 0.2) is 5.58 Å². The van der Waals surface area contributed by atoms with E-state index in [9.17, 15) is 0 Å². The molecule has 0 unspecified atom stereocenters. The van der Waals surface area contributed by atoms with Crippen molar-refractivity contribution >= 4 is 65.6 Å². The normalized spacial score (nSPS) is 13.3. The Morgan fingerprint density at radius 2 is 0.948 bits per heavy atom. The summed E-state index contributed by atoms with van der Waals surface area (Å²) in [5.74, 6) is 0. The molecule has 1 aliphatic rings. The Morgan fingerprint density at radius 1 is 0.345 bits per heavy atom. The van der Waals surface area contributed by atoms with Crippen LogP contribution in [0.2, 0.25) is 0 Å². The summed E-state index contributed by atoms with van der Waals surface area (Å²) < 4.78 is 11.6. The summed E-state index contributed by atoms with van der Waals surface area (Å²) in [6.45, 7) is 0. The Balaban J connectivity index is 1.15. The second-order valence-corrected chi connectivity index (χ2v) is 15.6. The zero-order valence-corrected chi connectivity index (χ0v) is 31.4. The SMILES string of the molecule is c1ccc(-n2c3cc4c(cc3c3ccc5c6ccccc6oc5c32)c2ccccc2n4-c2ccc3c(c2)C(c2ccccc2)(c2ccccc2)c2ccccc2-3)cc1. The predicted octanol–water partition coefficient (Wildman–Crippen LogP) is 14.1. The van der Waals surface area contributed by atoms with E-state index in [-0.39, 0.29) is 0 Å². The van der Waals surface area contributed by atoms with E-state index in [1.54, 1.807) is 0 Å². The van der Waals surface area contributed by atoms with Gasteiger partial charge < -0.3 is 13.6 Å². The molecule has 3 aromatic heterocycles. The van der Waals surface area contributed by atoms with E-state index < -0.39 is 5.41 Å². The fraction of sp³-hybridized carbons (Fsp3) is 0.0182. The lowest BCUT2D eigenvalue weighted by Gasteiger charge is -2.34. The van der Waals surface area contributed by atoms with E-state index in [0.29, 0.717) is 0 Å². The van der Waals surface area contributed by atoms with Crippen LogP contribution in [-0.2, 0) is 5.41 Å². The van der Waals surface area contributed by atoms with E-state index in [2.05, 4.69) is 209 Å². The van der Waals surface area contributed by atoms with Gasteiger partial charge in [-0.1, -0.05) is 152 Å². The van der Waals surface area contributed by atoms with Crippen molar-refractivity contribution in [1.82, 2.24) is 9.13 Å². The van der Waals surface area contributed by atoms with Crippen molar-refractivity contribution in [2.24, 2.45) is 0 Å². The maximum Gasteiger partial charge on any atom is 0.160 e. The second kappa shape index (κ2) is 11.7. The van der Waals surface area contributed by atoms with Crippen LogP contribution in [0.5, 0.6) is 0 Å². The lowest BCUT2D eigenvalue weighted by atomic mass is 9.67. The van der Waals surface area contributed by atoms with Gasteiger partial charge in [-0.3, -0.25) is 0 Å². The molecule has 0 atom stereocenters. The molecule has 0 amide bonds. The van der Waals surface area contributed by atoms with E-state index >= 15 is 0 Å². The van der Waals surface area contributed by atoms with Gasteiger partial charge in [0.2, 0.25) is 0 Å². The molecule has 13 rings (SSSR count). The van der Waals surface area contributed by atoms with Crippen molar-refractivity contribution < 1.29 is 4.42 Å². The number of rotatable bonds is 4. The Bertz CT molecular complexity index is 3570. The molecule has 0 N–H and O–H groups in total. The summed E-state index contributed by atoms with van der Waals surface area (Å²) in [6, 6.07) is 75.6. The Labute approximate surface area is 334 Å². The molecule has 1 aliphatic carbocycles. The van der Waals surface area contributed by atoms with E-state index in [0.717, 1.165) is 49.9 Å². The molecule has 58 heavy (non-hydrogen) atoms. The first-order chi connectivity index (χ1) is 28.8. The number of para-hydroxylation sites is 3. The van der Waals surface area contributed by atoms with Gasteiger partial charge in [0.1, 0.15) is 5.58 Å². The molecule has 12 aromatic rings. The molecule has 270 valence electrons. The first-order valence-electron chi connectivity index (χ1n) is 20.0. The Hall–Kier alpha value is -7.62. The quantitative estimate of drug-likeness (QED) is 0.176. The first-order valence-corrected chi connectivity index (χ1v) is 20.0. The number of hydrogen-bond donors (Lipinski definition) is 0. The van der Waals surface area contributed by atoms with Gasteiger partial charge in [-0.2, -0.15) is 0 Å². The predicted molar refractivity (Wildman–Crippen MR) is 240 cm³/mol. The number of benzene rings is 9. The largest absolute Gasteiger partial charge is 0.454 e. The molecule has 0 saturated heterocycles. The average molecular weight is 739 g/mol. The minimum atomic E-state index is -0.492. The van der Waals surface area contributed by atoms with Crippen LogP contribution in [0.4, 0.5) is 0 Å². The number of nitrogens with zero attached hydrogens (tertiary/aromatic N) is 2. The molecule has 0 aliphatic heterocycles. The summed E-state index contributed by atoms with van der Waals surface area (Å²) in [7, 11) is 0. The van der Waals surface area contributed by atoms with Gasteiger partial charge in [0.05, 0.1) is 27.5 Å². The van der Waals surface area contributed by atoms with Crippen LogP contribution in [0.25, 0.3) is 88.1 Å². The minimum Gasteiger partial charge on any atom is -0.454 e. The van der Waals surface area contributed by atoms with Crippen molar-refractivity contribution in [3.8, 4) is 22.5 Å². The molecular weight excluding hydrogens is 705 g/mol. The van der Waals surface area contributed by atoms with Crippen LogP contribution in [0.1, 0.15) is 22.3 Å². The molecule has 3 nitrogen and oxygen atoms in total. The summed E-state index contributed by atoms with van der Waals surface area (Å²) in [4.78, 5) is 0. The monoisotopic (exact) mass is 738 g/mol. The molecule has 0 radical (unpaired) electrons. The Kier molecular flexibility index (Phi) is 6.37. The summed E-state index contributed by atoms with van der Waals surface area (Å²) in [5.41, 5.74) is 15.8. The highest BCUT2D eigenvalue weighted by Gasteiger charge is 2.46. The van der Waals surface area contributed by atoms with Crippen LogP contribution >= 0.6 is 0 Å². The smallest absolute Gasteiger partial charge is 0.160 e. The van der Waals surface area contributed by atoms with Crippen molar-refractivity contribution in [3.05, 3.63) is 229 Å². The Morgan fingerprint density at radius 3 is 1.74 bits per heavy atom. The number of fused-ring (bicyclic) bond motifs is 13. The molecule has 0 spiro atoms. The molecule has 0 saturated carbocycles. The average Bonchev–Trinajstić information content (AvgIpc) is 4.01. The fourth-order valence-corrected chi connectivity index (χ4v) is 10.4. The van der Waals surface area contributed by atoms with Crippen LogP contribution in [0.15, 0.2) is 211 Å². The van der Waals surface area contributed by atoms with Crippen molar-refractivity contribution in [2.45, 2.75) is 5.41 Å². The lowest BCUT2D eigenvalue weighted by Crippen LogP contribution is -2.28. The molecule has 9 aromatic carbocycles. The maximum atomic E-state index is 6.74. The third-order valence-corrected chi connectivity index (χ3v) is 12.8. The van der Waals surface area contributed by atoms with Crippen molar-refractivity contribution in [1.29, 1.82) is 0 Å². The highest BCUT2D eigenvalue weighted by atomic mass is 16.3. The summed E-state index contributed by atoms with van der Waals surface area (Å²) in [5, 5.41) is 7.09. The first kappa shape index (κ1) is 31.6. The van der Waals surface area contributed by atoms with E-state index in [1.165, 1.54) is 60.4 Å². The third-order valence-electron chi connectivity index (χ3n) is 12.8. The van der Waals surface area contributed by atoms with Crippen LogP contribution < -0.4 is 0 Å². The van der Waals surface area contributed by atoms with E-state index in [4.69, 9.17) is 4.42 Å². The fourth-order valence-electron chi connectivity index (χ4n) is 10.4. The maximum absolute atomic E-state index is 6.74. The van der Waals surface area contributed by atoms with Gasteiger partial charge in [0, 0.05) is 43.7 Å². The summed E-state index contributed by atoms with van der Waals surface area (Å²) >= 11 is 0. The lowest BCUT2D eigenvalue weighted by molar-refractivity contribution is 0.671.